The second-order valence-electron chi connectivity index (χ2n) is 3.44. The molecule has 0 aliphatic carbocycles. The van der Waals surface area contributed by atoms with Crippen LogP contribution in [0.3, 0.4) is 0 Å². The minimum absolute atomic E-state index is 0.458. The second kappa shape index (κ2) is 4.32. The van der Waals surface area contributed by atoms with Crippen molar-refractivity contribution in [2.24, 2.45) is 0 Å². The number of fused-ring (bicyclic) bond motifs is 1. The van der Waals surface area contributed by atoms with Crippen molar-refractivity contribution in [1.82, 2.24) is 0 Å². The van der Waals surface area contributed by atoms with Crippen molar-refractivity contribution in [3.05, 3.63) is 28.2 Å². The van der Waals surface area contributed by atoms with E-state index in [0.717, 1.165) is 29.9 Å². The van der Waals surface area contributed by atoms with Gasteiger partial charge in [-0.15, -0.1) is 0 Å². The van der Waals surface area contributed by atoms with Gasteiger partial charge in [-0.05, 0) is 18.6 Å². The minimum Gasteiger partial charge on any atom is -0.493 e. The number of hydrogen-bond donors (Lipinski definition) is 0. The maximum absolute atomic E-state index is 5.60. The molecule has 0 spiro atoms. The SMILES string of the molecule is COCC1CCOc2cccc(Br)c21. The van der Waals surface area contributed by atoms with E-state index in [-0.39, 0.29) is 0 Å². The predicted molar refractivity (Wildman–Crippen MR) is 58.9 cm³/mol. The minimum atomic E-state index is 0.458. The van der Waals surface area contributed by atoms with Crippen LogP contribution in [0.1, 0.15) is 17.9 Å². The van der Waals surface area contributed by atoms with Gasteiger partial charge >= 0.3 is 0 Å². The number of halogens is 1. The summed E-state index contributed by atoms with van der Waals surface area (Å²) in [5.74, 6) is 1.45. The first kappa shape index (κ1) is 9.99. The summed E-state index contributed by atoms with van der Waals surface area (Å²) >= 11 is 3.56. The van der Waals surface area contributed by atoms with Crippen LogP contribution in [0, 0.1) is 0 Å². The summed E-state index contributed by atoms with van der Waals surface area (Å²) in [5, 5.41) is 0. The molecule has 0 N–H and O–H groups in total. The Kier molecular flexibility index (Phi) is 3.08. The van der Waals surface area contributed by atoms with E-state index >= 15 is 0 Å². The molecule has 76 valence electrons. The Labute approximate surface area is 92.3 Å². The highest BCUT2D eigenvalue weighted by molar-refractivity contribution is 9.10. The molecule has 2 nitrogen and oxygen atoms in total. The normalized spacial score (nSPS) is 20.0. The Hall–Kier alpha value is -0.540. The van der Waals surface area contributed by atoms with Crippen molar-refractivity contribution in [2.75, 3.05) is 20.3 Å². The average molecular weight is 257 g/mol. The van der Waals surface area contributed by atoms with Crippen molar-refractivity contribution < 1.29 is 9.47 Å². The standard InChI is InChI=1S/C11H13BrO2/c1-13-7-8-5-6-14-10-4-2-3-9(12)11(8)10/h2-4,8H,5-7H2,1H3. The fourth-order valence-electron chi connectivity index (χ4n) is 1.86. The average Bonchev–Trinajstić information content (AvgIpc) is 2.19. The zero-order chi connectivity index (χ0) is 9.97. The number of rotatable bonds is 2. The molecule has 1 atom stereocenters. The lowest BCUT2D eigenvalue weighted by atomic mass is 9.94. The van der Waals surface area contributed by atoms with Gasteiger partial charge in [0.2, 0.25) is 0 Å². The van der Waals surface area contributed by atoms with Gasteiger partial charge in [0.05, 0.1) is 13.2 Å². The molecule has 14 heavy (non-hydrogen) atoms. The Bertz CT molecular complexity index is 325. The van der Waals surface area contributed by atoms with Crippen LogP contribution in [-0.4, -0.2) is 20.3 Å². The Morgan fingerprint density at radius 1 is 1.57 bits per heavy atom. The van der Waals surface area contributed by atoms with Crippen LogP contribution < -0.4 is 4.74 Å². The molecule has 1 aromatic rings. The molecular weight excluding hydrogens is 244 g/mol. The quantitative estimate of drug-likeness (QED) is 0.810. The first-order valence-corrected chi connectivity index (χ1v) is 5.52. The van der Waals surface area contributed by atoms with Crippen molar-refractivity contribution in [3.63, 3.8) is 0 Å². The van der Waals surface area contributed by atoms with Crippen LogP contribution in [0.15, 0.2) is 22.7 Å². The largest absolute Gasteiger partial charge is 0.493 e. The van der Waals surface area contributed by atoms with Crippen LogP contribution >= 0.6 is 15.9 Å². The zero-order valence-electron chi connectivity index (χ0n) is 8.13. The smallest absolute Gasteiger partial charge is 0.123 e. The van der Waals surface area contributed by atoms with Gasteiger partial charge in [0.15, 0.2) is 0 Å². The van der Waals surface area contributed by atoms with E-state index in [2.05, 4.69) is 22.0 Å². The van der Waals surface area contributed by atoms with E-state index in [1.807, 2.05) is 12.1 Å². The summed E-state index contributed by atoms with van der Waals surface area (Å²) in [6.45, 7) is 1.55. The molecule has 3 heteroatoms. The summed E-state index contributed by atoms with van der Waals surface area (Å²) in [7, 11) is 1.74. The van der Waals surface area contributed by atoms with Crippen molar-refractivity contribution in [3.8, 4) is 5.75 Å². The van der Waals surface area contributed by atoms with E-state index in [1.54, 1.807) is 7.11 Å². The molecule has 1 aromatic carbocycles. The lowest BCUT2D eigenvalue weighted by Gasteiger charge is -2.26. The molecule has 1 aliphatic heterocycles. The highest BCUT2D eigenvalue weighted by atomic mass is 79.9. The first-order valence-electron chi connectivity index (χ1n) is 4.73. The monoisotopic (exact) mass is 256 g/mol. The second-order valence-corrected chi connectivity index (χ2v) is 4.30. The maximum atomic E-state index is 5.60. The van der Waals surface area contributed by atoms with Gasteiger partial charge in [0, 0.05) is 23.1 Å². The third kappa shape index (κ3) is 1.79. The first-order chi connectivity index (χ1) is 6.83. The predicted octanol–water partition coefficient (Wildman–Crippen LogP) is 2.96. The van der Waals surface area contributed by atoms with E-state index in [0.29, 0.717) is 5.92 Å². The van der Waals surface area contributed by atoms with Gasteiger partial charge in [-0.3, -0.25) is 0 Å². The molecule has 2 rings (SSSR count). The summed E-state index contributed by atoms with van der Waals surface area (Å²) in [6, 6.07) is 6.07. The van der Waals surface area contributed by atoms with Crippen LogP contribution in [0.4, 0.5) is 0 Å². The van der Waals surface area contributed by atoms with Crippen LogP contribution in [0.25, 0.3) is 0 Å². The molecule has 1 aliphatic rings. The lowest BCUT2D eigenvalue weighted by molar-refractivity contribution is 0.153. The van der Waals surface area contributed by atoms with Crippen molar-refractivity contribution >= 4 is 15.9 Å². The molecule has 0 amide bonds. The lowest BCUT2D eigenvalue weighted by Crippen LogP contribution is -2.18. The van der Waals surface area contributed by atoms with Gasteiger partial charge in [-0.1, -0.05) is 22.0 Å². The van der Waals surface area contributed by atoms with Crippen LogP contribution in [0.5, 0.6) is 5.75 Å². The Morgan fingerprint density at radius 2 is 2.43 bits per heavy atom. The van der Waals surface area contributed by atoms with Gasteiger partial charge in [-0.25, -0.2) is 0 Å². The topological polar surface area (TPSA) is 18.5 Å². The van der Waals surface area contributed by atoms with Crippen molar-refractivity contribution in [2.45, 2.75) is 12.3 Å². The Balaban J connectivity index is 2.36. The molecule has 1 unspecified atom stereocenters. The van der Waals surface area contributed by atoms with E-state index in [1.165, 1.54) is 5.56 Å². The molecular formula is C11H13BrO2. The molecule has 0 saturated heterocycles. The molecule has 1 heterocycles. The molecule has 0 bridgehead atoms. The number of hydrogen-bond acceptors (Lipinski definition) is 2. The number of ether oxygens (including phenoxy) is 2. The number of methoxy groups -OCH3 is 1. The highest BCUT2D eigenvalue weighted by Crippen LogP contribution is 2.38. The highest BCUT2D eigenvalue weighted by Gasteiger charge is 2.23. The van der Waals surface area contributed by atoms with Gasteiger partial charge < -0.3 is 9.47 Å². The maximum Gasteiger partial charge on any atom is 0.123 e. The van der Waals surface area contributed by atoms with E-state index in [4.69, 9.17) is 9.47 Å². The summed E-state index contributed by atoms with van der Waals surface area (Å²) in [4.78, 5) is 0. The van der Waals surface area contributed by atoms with E-state index in [9.17, 15) is 0 Å². The fourth-order valence-corrected chi connectivity index (χ4v) is 2.53. The fraction of sp³-hybridized carbons (Fsp3) is 0.455. The molecule has 0 radical (unpaired) electrons. The van der Waals surface area contributed by atoms with E-state index < -0.39 is 0 Å². The summed E-state index contributed by atoms with van der Waals surface area (Å²) in [5.41, 5.74) is 1.25. The third-order valence-electron chi connectivity index (χ3n) is 2.51. The third-order valence-corrected chi connectivity index (χ3v) is 3.20. The number of benzene rings is 1. The van der Waals surface area contributed by atoms with Crippen molar-refractivity contribution in [1.29, 1.82) is 0 Å². The van der Waals surface area contributed by atoms with Gasteiger partial charge in [0.1, 0.15) is 5.75 Å². The molecule has 0 saturated carbocycles. The molecule has 0 aromatic heterocycles. The van der Waals surface area contributed by atoms with Crippen LogP contribution in [-0.2, 0) is 4.74 Å². The zero-order valence-corrected chi connectivity index (χ0v) is 9.71. The van der Waals surface area contributed by atoms with Gasteiger partial charge in [0.25, 0.3) is 0 Å². The van der Waals surface area contributed by atoms with Crippen LogP contribution in [0.2, 0.25) is 0 Å². The Morgan fingerprint density at radius 3 is 3.21 bits per heavy atom. The summed E-state index contributed by atoms with van der Waals surface area (Å²) in [6.07, 6.45) is 1.03. The van der Waals surface area contributed by atoms with Gasteiger partial charge in [-0.2, -0.15) is 0 Å². The molecule has 0 fully saturated rings. The summed E-state index contributed by atoms with van der Waals surface area (Å²) < 4.78 is 11.9.